The molecule has 0 bridgehead atoms. The van der Waals surface area contributed by atoms with E-state index in [-0.39, 0.29) is 5.69 Å². The summed E-state index contributed by atoms with van der Waals surface area (Å²) in [5.74, 6) is -1.04. The highest BCUT2D eigenvalue weighted by molar-refractivity contribution is 5.86. The van der Waals surface area contributed by atoms with Gasteiger partial charge < -0.3 is 5.11 Å². The standard InChI is InChI=1S/C10H13N5O2/c1-2-8-9(10(16)17)12-13-15(8)7-6-14-5-3-4-11-14/h3-5H,2,6-7H2,1H3,(H,16,17). The summed E-state index contributed by atoms with van der Waals surface area (Å²) in [4.78, 5) is 10.9. The molecule has 0 saturated carbocycles. The third kappa shape index (κ3) is 2.32. The highest BCUT2D eigenvalue weighted by atomic mass is 16.4. The Kier molecular flexibility index (Phi) is 3.17. The number of carboxylic acids is 1. The number of aromatic carboxylic acids is 1. The largest absolute Gasteiger partial charge is 0.476 e. The molecule has 0 aliphatic rings. The molecule has 2 heterocycles. The van der Waals surface area contributed by atoms with Gasteiger partial charge >= 0.3 is 5.97 Å². The summed E-state index contributed by atoms with van der Waals surface area (Å²) >= 11 is 0. The first kappa shape index (κ1) is 11.3. The minimum Gasteiger partial charge on any atom is -0.476 e. The molecule has 0 aromatic carbocycles. The van der Waals surface area contributed by atoms with E-state index in [0.717, 1.165) is 0 Å². The zero-order chi connectivity index (χ0) is 12.3. The summed E-state index contributed by atoms with van der Waals surface area (Å²) in [7, 11) is 0. The van der Waals surface area contributed by atoms with Crippen molar-refractivity contribution in [3.05, 3.63) is 29.8 Å². The minimum atomic E-state index is -1.04. The maximum atomic E-state index is 10.9. The Bertz CT molecular complexity index is 503. The Morgan fingerprint density at radius 3 is 2.88 bits per heavy atom. The topological polar surface area (TPSA) is 85.8 Å². The zero-order valence-electron chi connectivity index (χ0n) is 9.44. The molecule has 7 nitrogen and oxygen atoms in total. The first-order valence-electron chi connectivity index (χ1n) is 5.35. The molecule has 0 radical (unpaired) electrons. The van der Waals surface area contributed by atoms with Gasteiger partial charge in [-0.05, 0) is 12.5 Å². The average molecular weight is 235 g/mol. The Balaban J connectivity index is 2.13. The van der Waals surface area contributed by atoms with Gasteiger partial charge in [-0.1, -0.05) is 12.1 Å². The average Bonchev–Trinajstić information content (AvgIpc) is 2.95. The van der Waals surface area contributed by atoms with Crippen LogP contribution in [0.4, 0.5) is 0 Å². The summed E-state index contributed by atoms with van der Waals surface area (Å²) in [6.07, 6.45) is 4.14. The Labute approximate surface area is 97.7 Å². The van der Waals surface area contributed by atoms with Crippen LogP contribution in [0.1, 0.15) is 23.1 Å². The molecule has 0 aliphatic heterocycles. The molecule has 17 heavy (non-hydrogen) atoms. The summed E-state index contributed by atoms with van der Waals surface area (Å²) in [6.45, 7) is 3.09. The van der Waals surface area contributed by atoms with Crippen LogP contribution < -0.4 is 0 Å². The number of hydrogen-bond donors (Lipinski definition) is 1. The number of aryl methyl sites for hydroxylation is 2. The number of carboxylic acid groups (broad SMARTS) is 1. The van der Waals surface area contributed by atoms with E-state index < -0.39 is 5.97 Å². The molecule has 90 valence electrons. The zero-order valence-corrected chi connectivity index (χ0v) is 9.44. The lowest BCUT2D eigenvalue weighted by Crippen LogP contribution is -2.12. The Morgan fingerprint density at radius 2 is 2.29 bits per heavy atom. The van der Waals surface area contributed by atoms with Crippen molar-refractivity contribution in [2.75, 3.05) is 0 Å². The molecule has 2 rings (SSSR count). The van der Waals surface area contributed by atoms with Gasteiger partial charge in [-0.15, -0.1) is 5.10 Å². The maximum Gasteiger partial charge on any atom is 0.358 e. The molecular weight excluding hydrogens is 222 g/mol. The predicted molar refractivity (Wildman–Crippen MR) is 58.6 cm³/mol. The number of nitrogens with zero attached hydrogens (tertiary/aromatic N) is 5. The number of carbonyl (C=O) groups is 1. The predicted octanol–water partition coefficient (Wildman–Crippen LogP) is 0.435. The van der Waals surface area contributed by atoms with E-state index in [4.69, 9.17) is 5.11 Å². The second kappa shape index (κ2) is 4.77. The number of rotatable bonds is 5. The van der Waals surface area contributed by atoms with E-state index in [0.29, 0.717) is 25.2 Å². The fraction of sp³-hybridized carbons (Fsp3) is 0.400. The van der Waals surface area contributed by atoms with Gasteiger partial charge in [0.05, 0.1) is 18.8 Å². The number of hydrogen-bond acceptors (Lipinski definition) is 4. The van der Waals surface area contributed by atoms with Crippen molar-refractivity contribution >= 4 is 5.97 Å². The third-order valence-electron chi connectivity index (χ3n) is 2.48. The van der Waals surface area contributed by atoms with Crippen LogP contribution in [0.25, 0.3) is 0 Å². The summed E-state index contributed by atoms with van der Waals surface area (Å²) < 4.78 is 3.38. The molecule has 0 aliphatic carbocycles. The molecule has 0 amide bonds. The molecule has 0 spiro atoms. The van der Waals surface area contributed by atoms with Gasteiger partial charge in [-0.2, -0.15) is 5.10 Å². The smallest absolute Gasteiger partial charge is 0.358 e. The van der Waals surface area contributed by atoms with E-state index in [2.05, 4.69) is 15.4 Å². The Hall–Kier alpha value is -2.18. The summed E-state index contributed by atoms with van der Waals surface area (Å²) in [5.41, 5.74) is 0.678. The first-order valence-corrected chi connectivity index (χ1v) is 5.35. The molecule has 2 aromatic rings. The van der Waals surface area contributed by atoms with Crippen LogP contribution in [0.15, 0.2) is 18.5 Å². The molecule has 0 atom stereocenters. The van der Waals surface area contributed by atoms with Gasteiger partial charge in [-0.3, -0.25) is 4.68 Å². The van der Waals surface area contributed by atoms with Crippen molar-refractivity contribution in [3.63, 3.8) is 0 Å². The van der Waals surface area contributed by atoms with Crippen LogP contribution >= 0.6 is 0 Å². The van der Waals surface area contributed by atoms with E-state index in [1.807, 2.05) is 19.2 Å². The van der Waals surface area contributed by atoms with Gasteiger partial charge in [0, 0.05) is 12.4 Å². The van der Waals surface area contributed by atoms with Crippen molar-refractivity contribution in [2.24, 2.45) is 0 Å². The third-order valence-corrected chi connectivity index (χ3v) is 2.48. The molecule has 2 aromatic heterocycles. The minimum absolute atomic E-state index is 0.0352. The van der Waals surface area contributed by atoms with Crippen LogP contribution in [-0.2, 0) is 19.5 Å². The van der Waals surface area contributed by atoms with E-state index in [9.17, 15) is 4.79 Å². The molecular formula is C10H13N5O2. The van der Waals surface area contributed by atoms with Crippen molar-refractivity contribution in [1.29, 1.82) is 0 Å². The van der Waals surface area contributed by atoms with Crippen molar-refractivity contribution in [2.45, 2.75) is 26.4 Å². The van der Waals surface area contributed by atoms with E-state index in [1.165, 1.54) is 0 Å². The number of aromatic nitrogens is 5. The molecule has 1 N–H and O–H groups in total. The van der Waals surface area contributed by atoms with Gasteiger partial charge in [-0.25, -0.2) is 9.48 Å². The van der Waals surface area contributed by atoms with Gasteiger partial charge in [0.1, 0.15) is 0 Å². The van der Waals surface area contributed by atoms with Crippen LogP contribution in [0.3, 0.4) is 0 Å². The quantitative estimate of drug-likeness (QED) is 0.812. The Morgan fingerprint density at radius 1 is 1.47 bits per heavy atom. The normalized spacial score (nSPS) is 10.6. The van der Waals surface area contributed by atoms with Crippen molar-refractivity contribution in [3.8, 4) is 0 Å². The fourth-order valence-corrected chi connectivity index (χ4v) is 1.66. The first-order chi connectivity index (χ1) is 8.22. The summed E-state index contributed by atoms with van der Waals surface area (Å²) in [5, 5.41) is 20.5. The van der Waals surface area contributed by atoms with Gasteiger partial charge in [0.15, 0.2) is 5.69 Å². The van der Waals surface area contributed by atoms with Crippen LogP contribution in [0, 0.1) is 0 Å². The fourth-order valence-electron chi connectivity index (χ4n) is 1.66. The lowest BCUT2D eigenvalue weighted by molar-refractivity contribution is 0.0689. The van der Waals surface area contributed by atoms with Crippen LogP contribution in [-0.4, -0.2) is 35.9 Å². The lowest BCUT2D eigenvalue weighted by atomic mass is 10.2. The molecule has 0 fully saturated rings. The van der Waals surface area contributed by atoms with E-state index in [1.54, 1.807) is 15.6 Å². The maximum absolute atomic E-state index is 10.9. The monoisotopic (exact) mass is 235 g/mol. The highest BCUT2D eigenvalue weighted by Crippen LogP contribution is 2.06. The molecule has 7 heteroatoms. The summed E-state index contributed by atoms with van der Waals surface area (Å²) in [6, 6.07) is 1.84. The van der Waals surface area contributed by atoms with Crippen LogP contribution in [0.5, 0.6) is 0 Å². The second-order valence-electron chi connectivity index (χ2n) is 3.54. The van der Waals surface area contributed by atoms with E-state index >= 15 is 0 Å². The van der Waals surface area contributed by atoms with Crippen LogP contribution in [0.2, 0.25) is 0 Å². The van der Waals surface area contributed by atoms with Crippen molar-refractivity contribution < 1.29 is 9.90 Å². The highest BCUT2D eigenvalue weighted by Gasteiger charge is 2.16. The molecule has 0 saturated heterocycles. The second-order valence-corrected chi connectivity index (χ2v) is 3.54. The van der Waals surface area contributed by atoms with Crippen molar-refractivity contribution in [1.82, 2.24) is 24.8 Å². The molecule has 0 unspecified atom stereocenters. The lowest BCUT2D eigenvalue weighted by Gasteiger charge is -2.05. The van der Waals surface area contributed by atoms with Gasteiger partial charge in [0.25, 0.3) is 0 Å². The SMILES string of the molecule is CCc1c(C(=O)O)nnn1CCn1cccn1. The van der Waals surface area contributed by atoms with Gasteiger partial charge in [0.2, 0.25) is 0 Å².